The van der Waals surface area contributed by atoms with Gasteiger partial charge in [0.2, 0.25) is 5.88 Å². The number of thiazole rings is 1. The van der Waals surface area contributed by atoms with Crippen LogP contribution < -0.4 is 15.6 Å². The van der Waals surface area contributed by atoms with E-state index >= 15 is 0 Å². The van der Waals surface area contributed by atoms with Crippen molar-refractivity contribution in [3.8, 4) is 5.88 Å². The van der Waals surface area contributed by atoms with Gasteiger partial charge in [-0.3, -0.25) is 9.59 Å². The molecule has 0 saturated carbocycles. The number of aromatic nitrogens is 3. The lowest BCUT2D eigenvalue weighted by Crippen LogP contribution is -2.28. The number of hydrogen-bond donors (Lipinski definition) is 1. The highest BCUT2D eigenvalue weighted by atomic mass is 32.1. The molecule has 3 heterocycles. The zero-order chi connectivity index (χ0) is 18.0. The SMILES string of the molecule is CCNC(=O)c1c(C)sc2nc(COc3ccc(F)cn3)cc(=O)n12. The molecular weight excluding hydrogens is 347 g/mol. The van der Waals surface area contributed by atoms with Crippen molar-refractivity contribution in [2.24, 2.45) is 0 Å². The Kier molecular flexibility index (Phi) is 4.75. The molecule has 0 spiro atoms. The Balaban J connectivity index is 1.90. The molecule has 9 heteroatoms. The lowest BCUT2D eigenvalue weighted by molar-refractivity contribution is 0.0949. The third-order valence-corrected chi connectivity index (χ3v) is 4.32. The summed E-state index contributed by atoms with van der Waals surface area (Å²) in [6, 6.07) is 3.93. The molecule has 0 fully saturated rings. The number of fused-ring (bicyclic) bond motifs is 1. The maximum Gasteiger partial charge on any atom is 0.269 e. The molecule has 0 aliphatic rings. The standard InChI is InChI=1S/C16H15FN4O3S/c1-3-18-15(23)14-9(2)25-16-20-11(6-13(22)21(14)16)8-24-12-5-4-10(17)7-19-12/h4-7H,3,8H2,1-2H3,(H,18,23). The molecule has 0 radical (unpaired) electrons. The Bertz CT molecular complexity index is 981. The van der Waals surface area contributed by atoms with Gasteiger partial charge in [-0.15, -0.1) is 11.3 Å². The second-order valence-electron chi connectivity index (χ2n) is 5.17. The molecule has 0 aromatic carbocycles. The Morgan fingerprint density at radius 2 is 2.24 bits per heavy atom. The van der Waals surface area contributed by atoms with Crippen molar-refractivity contribution in [2.75, 3.05) is 6.54 Å². The van der Waals surface area contributed by atoms with Crippen LogP contribution in [0.15, 0.2) is 29.2 Å². The normalized spacial score (nSPS) is 10.8. The number of hydrogen-bond acceptors (Lipinski definition) is 6. The van der Waals surface area contributed by atoms with Crippen molar-refractivity contribution in [3.63, 3.8) is 0 Å². The summed E-state index contributed by atoms with van der Waals surface area (Å²) in [6.07, 6.45) is 1.04. The number of rotatable bonds is 5. The highest BCUT2D eigenvalue weighted by Gasteiger charge is 2.19. The summed E-state index contributed by atoms with van der Waals surface area (Å²) < 4.78 is 19.5. The molecule has 0 saturated heterocycles. The van der Waals surface area contributed by atoms with Crippen LogP contribution in [0.5, 0.6) is 5.88 Å². The number of nitrogens with one attached hydrogen (secondary N) is 1. The van der Waals surface area contributed by atoms with Crippen molar-refractivity contribution in [1.29, 1.82) is 0 Å². The molecule has 1 amide bonds. The summed E-state index contributed by atoms with van der Waals surface area (Å²) in [5, 5.41) is 2.69. The van der Waals surface area contributed by atoms with Gasteiger partial charge in [-0.1, -0.05) is 0 Å². The maximum atomic E-state index is 12.8. The largest absolute Gasteiger partial charge is 0.471 e. The van der Waals surface area contributed by atoms with Gasteiger partial charge >= 0.3 is 0 Å². The maximum absolute atomic E-state index is 12.8. The predicted molar refractivity (Wildman–Crippen MR) is 90.6 cm³/mol. The first kappa shape index (κ1) is 17.0. The topological polar surface area (TPSA) is 85.6 Å². The predicted octanol–water partition coefficient (Wildman–Crippen LogP) is 1.93. The van der Waals surface area contributed by atoms with E-state index in [1.165, 1.54) is 33.9 Å². The first-order valence-electron chi connectivity index (χ1n) is 7.54. The molecule has 130 valence electrons. The third-order valence-electron chi connectivity index (χ3n) is 3.36. The van der Waals surface area contributed by atoms with Crippen LogP contribution in [-0.2, 0) is 6.61 Å². The highest BCUT2D eigenvalue weighted by Crippen LogP contribution is 2.20. The van der Waals surface area contributed by atoms with E-state index in [0.29, 0.717) is 27.8 Å². The quantitative estimate of drug-likeness (QED) is 0.750. The number of nitrogens with zero attached hydrogens (tertiary/aromatic N) is 3. The number of aryl methyl sites for hydroxylation is 1. The second-order valence-corrected chi connectivity index (χ2v) is 6.35. The Morgan fingerprint density at radius 1 is 1.44 bits per heavy atom. The van der Waals surface area contributed by atoms with Gasteiger partial charge in [0.15, 0.2) is 4.96 Å². The van der Waals surface area contributed by atoms with E-state index in [1.807, 2.05) is 6.92 Å². The van der Waals surface area contributed by atoms with Gasteiger partial charge in [0.1, 0.15) is 18.1 Å². The summed E-state index contributed by atoms with van der Waals surface area (Å²) in [4.78, 5) is 33.9. The molecule has 0 atom stereocenters. The summed E-state index contributed by atoms with van der Waals surface area (Å²) in [7, 11) is 0. The van der Waals surface area contributed by atoms with E-state index in [0.717, 1.165) is 6.20 Å². The molecule has 3 aromatic rings. The number of amides is 1. The van der Waals surface area contributed by atoms with Crippen molar-refractivity contribution in [1.82, 2.24) is 19.7 Å². The zero-order valence-corrected chi connectivity index (χ0v) is 14.4. The van der Waals surface area contributed by atoms with Crippen LogP contribution in [0, 0.1) is 12.7 Å². The molecule has 0 aliphatic carbocycles. The van der Waals surface area contributed by atoms with Crippen LogP contribution in [0.4, 0.5) is 4.39 Å². The van der Waals surface area contributed by atoms with Crippen LogP contribution in [-0.4, -0.2) is 26.8 Å². The van der Waals surface area contributed by atoms with Gasteiger partial charge in [0.05, 0.1) is 11.9 Å². The van der Waals surface area contributed by atoms with Gasteiger partial charge < -0.3 is 10.1 Å². The third kappa shape index (κ3) is 3.50. The molecular formula is C16H15FN4O3S. The van der Waals surface area contributed by atoms with Gasteiger partial charge in [-0.2, -0.15) is 0 Å². The minimum atomic E-state index is -0.461. The molecule has 25 heavy (non-hydrogen) atoms. The number of carbonyl (C=O) groups is 1. The number of halogens is 1. The second kappa shape index (κ2) is 6.98. The average Bonchev–Trinajstić information content (AvgIpc) is 2.91. The Morgan fingerprint density at radius 3 is 2.92 bits per heavy atom. The van der Waals surface area contributed by atoms with Crippen LogP contribution in [0.25, 0.3) is 4.96 Å². The fraction of sp³-hybridized carbons (Fsp3) is 0.250. The van der Waals surface area contributed by atoms with Crippen LogP contribution in [0.3, 0.4) is 0 Å². The van der Waals surface area contributed by atoms with Crippen molar-refractivity contribution in [2.45, 2.75) is 20.5 Å². The summed E-state index contributed by atoms with van der Waals surface area (Å²) in [5.74, 6) is -0.541. The van der Waals surface area contributed by atoms with E-state index in [1.54, 1.807) is 6.92 Å². The number of ether oxygens (including phenoxy) is 1. The lowest BCUT2D eigenvalue weighted by atomic mass is 10.3. The van der Waals surface area contributed by atoms with E-state index in [2.05, 4.69) is 15.3 Å². The van der Waals surface area contributed by atoms with E-state index < -0.39 is 5.82 Å². The van der Waals surface area contributed by atoms with Gasteiger partial charge in [0.25, 0.3) is 11.5 Å². The summed E-state index contributed by atoms with van der Waals surface area (Å²) in [5.41, 5.74) is 0.341. The first-order valence-corrected chi connectivity index (χ1v) is 8.36. The monoisotopic (exact) mass is 362 g/mol. The van der Waals surface area contributed by atoms with Crippen LogP contribution >= 0.6 is 11.3 Å². The number of pyridine rings is 1. The van der Waals surface area contributed by atoms with E-state index in [9.17, 15) is 14.0 Å². The van der Waals surface area contributed by atoms with Gasteiger partial charge in [-0.25, -0.2) is 18.8 Å². The molecule has 3 rings (SSSR count). The molecule has 0 bridgehead atoms. The van der Waals surface area contributed by atoms with E-state index in [4.69, 9.17) is 4.74 Å². The van der Waals surface area contributed by atoms with Gasteiger partial charge in [-0.05, 0) is 19.9 Å². The highest BCUT2D eigenvalue weighted by molar-refractivity contribution is 7.17. The molecule has 1 N–H and O–H groups in total. The average molecular weight is 362 g/mol. The fourth-order valence-corrected chi connectivity index (χ4v) is 3.29. The fourth-order valence-electron chi connectivity index (χ4n) is 2.30. The molecule has 0 unspecified atom stereocenters. The molecule has 7 nitrogen and oxygen atoms in total. The molecule has 0 aliphatic heterocycles. The van der Waals surface area contributed by atoms with E-state index in [-0.39, 0.29) is 24.0 Å². The minimum absolute atomic E-state index is 0.0117. The van der Waals surface area contributed by atoms with Crippen molar-refractivity contribution >= 4 is 22.2 Å². The van der Waals surface area contributed by atoms with Gasteiger partial charge in [0, 0.05) is 23.6 Å². The van der Waals surface area contributed by atoms with Crippen molar-refractivity contribution < 1.29 is 13.9 Å². The Labute approximate surface area is 146 Å². The first-order chi connectivity index (χ1) is 12.0. The summed E-state index contributed by atoms with van der Waals surface area (Å²) in [6.45, 7) is 4.05. The molecule has 3 aromatic heterocycles. The Hall–Kier alpha value is -2.81. The lowest BCUT2D eigenvalue weighted by Gasteiger charge is -2.06. The summed E-state index contributed by atoms with van der Waals surface area (Å²) >= 11 is 1.26. The zero-order valence-electron chi connectivity index (χ0n) is 13.6. The van der Waals surface area contributed by atoms with Crippen LogP contribution in [0.1, 0.15) is 28.0 Å². The smallest absolute Gasteiger partial charge is 0.269 e. The van der Waals surface area contributed by atoms with Crippen LogP contribution in [0.2, 0.25) is 0 Å². The minimum Gasteiger partial charge on any atom is -0.471 e. The number of carbonyl (C=O) groups excluding carboxylic acids is 1. The van der Waals surface area contributed by atoms with Crippen molar-refractivity contribution in [3.05, 3.63) is 56.8 Å².